The molecule has 0 spiro atoms. The van der Waals surface area contributed by atoms with Crippen molar-refractivity contribution >= 4 is 0 Å². The molecule has 0 unspecified atom stereocenters. The second-order valence-corrected chi connectivity index (χ2v) is 8.04. The summed E-state index contributed by atoms with van der Waals surface area (Å²) in [6, 6.07) is 29.7. The predicted octanol–water partition coefficient (Wildman–Crippen LogP) is 4.65. The summed E-state index contributed by atoms with van der Waals surface area (Å²) in [6.07, 6.45) is -2.09. The first-order chi connectivity index (χ1) is 16.2. The van der Waals surface area contributed by atoms with E-state index in [-0.39, 0.29) is 6.61 Å². The summed E-state index contributed by atoms with van der Waals surface area (Å²) >= 11 is 0. The lowest BCUT2D eigenvalue weighted by Crippen LogP contribution is -2.44. The van der Waals surface area contributed by atoms with Crippen molar-refractivity contribution in [3.05, 3.63) is 120 Å². The number of benzene rings is 3. The summed E-state index contributed by atoms with van der Waals surface area (Å²) in [5.41, 5.74) is 3.11. The number of hydrogen-bond acceptors (Lipinski definition) is 5. The average molecular weight is 447 g/mol. The van der Waals surface area contributed by atoms with Gasteiger partial charge in [0, 0.05) is 0 Å². The van der Waals surface area contributed by atoms with Gasteiger partial charge >= 0.3 is 0 Å². The molecule has 1 fully saturated rings. The summed E-state index contributed by atoms with van der Waals surface area (Å²) in [5, 5.41) is 10.1. The zero-order valence-electron chi connectivity index (χ0n) is 18.6. The van der Waals surface area contributed by atoms with Crippen molar-refractivity contribution in [3.63, 3.8) is 0 Å². The number of aliphatic hydroxyl groups is 1. The topological polar surface area (TPSA) is 57.2 Å². The summed E-state index contributed by atoms with van der Waals surface area (Å²) < 4.78 is 24.6. The number of hydrogen-bond donors (Lipinski definition) is 1. The van der Waals surface area contributed by atoms with Crippen LogP contribution in [0.5, 0.6) is 0 Å². The van der Waals surface area contributed by atoms with Crippen molar-refractivity contribution in [2.45, 2.75) is 44.2 Å². The Labute approximate surface area is 195 Å². The molecule has 1 heterocycles. The van der Waals surface area contributed by atoms with Gasteiger partial charge in [0.15, 0.2) is 6.10 Å². The van der Waals surface area contributed by atoms with E-state index < -0.39 is 24.4 Å². The number of rotatable bonds is 11. The van der Waals surface area contributed by atoms with Gasteiger partial charge in [-0.15, -0.1) is 0 Å². The summed E-state index contributed by atoms with van der Waals surface area (Å²) in [7, 11) is 0. The van der Waals surface area contributed by atoms with Gasteiger partial charge in [-0.1, -0.05) is 97.6 Å². The standard InChI is InChI=1S/C28H30O5/c1-21-26(31-19-23-13-7-3-8-14-23)28(32-20-24-15-9-4-10-16-24)27(33-21)25(17-29)30-18-22-11-5-2-6-12-22/h2-16,25-29H,1,17-20H2/t25-,26-,27-,28+/m1/s1. The molecule has 3 aromatic carbocycles. The zero-order valence-corrected chi connectivity index (χ0v) is 18.6. The lowest BCUT2D eigenvalue weighted by molar-refractivity contribution is -0.128. The molecule has 0 amide bonds. The predicted molar refractivity (Wildman–Crippen MR) is 126 cm³/mol. The highest BCUT2D eigenvalue weighted by molar-refractivity contribution is 5.17. The van der Waals surface area contributed by atoms with Crippen LogP contribution in [0.2, 0.25) is 0 Å². The first-order valence-corrected chi connectivity index (χ1v) is 11.2. The Bertz CT molecular complexity index is 977. The van der Waals surface area contributed by atoms with E-state index in [1.807, 2.05) is 91.0 Å². The van der Waals surface area contributed by atoms with E-state index in [9.17, 15) is 5.11 Å². The van der Waals surface area contributed by atoms with Crippen LogP contribution in [0, 0.1) is 0 Å². The van der Waals surface area contributed by atoms with Crippen LogP contribution in [0.3, 0.4) is 0 Å². The van der Waals surface area contributed by atoms with Gasteiger partial charge in [0.2, 0.25) is 0 Å². The Hall–Kier alpha value is -2.96. The highest BCUT2D eigenvalue weighted by Gasteiger charge is 2.47. The Morgan fingerprint density at radius 2 is 1.21 bits per heavy atom. The number of ether oxygens (including phenoxy) is 4. The monoisotopic (exact) mass is 446 g/mol. The molecule has 4 rings (SSSR count). The van der Waals surface area contributed by atoms with E-state index in [1.54, 1.807) is 0 Å². The Morgan fingerprint density at radius 1 is 0.727 bits per heavy atom. The SMILES string of the molecule is C=C1O[C@H]([C@@H](CO)OCc2ccccc2)[C@@H](OCc2ccccc2)[C@@H]1OCc1ccccc1. The molecule has 1 aliphatic rings. The van der Waals surface area contributed by atoms with Gasteiger partial charge < -0.3 is 24.1 Å². The third kappa shape index (κ3) is 6.30. The third-order valence-electron chi connectivity index (χ3n) is 5.64. The second kappa shape index (κ2) is 11.8. The van der Waals surface area contributed by atoms with E-state index in [0.29, 0.717) is 25.6 Å². The molecule has 1 aliphatic heterocycles. The molecular formula is C28H30O5. The molecular weight excluding hydrogens is 416 g/mol. The summed E-state index contributed by atoms with van der Waals surface area (Å²) in [5.74, 6) is 0.482. The highest BCUT2D eigenvalue weighted by atomic mass is 16.6. The molecule has 0 bridgehead atoms. The molecule has 0 radical (unpaired) electrons. The Morgan fingerprint density at radius 3 is 1.73 bits per heavy atom. The minimum atomic E-state index is -0.590. The van der Waals surface area contributed by atoms with Crippen molar-refractivity contribution in [2.24, 2.45) is 0 Å². The van der Waals surface area contributed by atoms with Crippen molar-refractivity contribution < 1.29 is 24.1 Å². The minimum Gasteiger partial charge on any atom is -0.487 e. The quantitative estimate of drug-likeness (QED) is 0.465. The van der Waals surface area contributed by atoms with E-state index in [1.165, 1.54) is 0 Å². The van der Waals surface area contributed by atoms with Crippen molar-refractivity contribution in [2.75, 3.05) is 6.61 Å². The van der Waals surface area contributed by atoms with Gasteiger partial charge in [0.25, 0.3) is 0 Å². The minimum absolute atomic E-state index is 0.207. The maximum atomic E-state index is 10.1. The van der Waals surface area contributed by atoms with E-state index >= 15 is 0 Å². The highest BCUT2D eigenvalue weighted by Crippen LogP contribution is 2.33. The smallest absolute Gasteiger partial charge is 0.156 e. The van der Waals surface area contributed by atoms with Gasteiger partial charge in [0.05, 0.1) is 26.4 Å². The molecule has 5 heteroatoms. The molecule has 172 valence electrons. The fraction of sp³-hybridized carbons (Fsp3) is 0.286. The normalized spacial score (nSPS) is 21.0. The molecule has 0 saturated carbocycles. The van der Waals surface area contributed by atoms with Crippen LogP contribution in [0.25, 0.3) is 0 Å². The number of aliphatic hydroxyl groups excluding tert-OH is 1. The van der Waals surface area contributed by atoms with Crippen LogP contribution >= 0.6 is 0 Å². The van der Waals surface area contributed by atoms with E-state index in [4.69, 9.17) is 18.9 Å². The molecule has 0 aromatic heterocycles. The lowest BCUT2D eigenvalue weighted by atomic mass is 10.0. The lowest BCUT2D eigenvalue weighted by Gasteiger charge is -2.28. The van der Waals surface area contributed by atoms with Gasteiger partial charge in [0.1, 0.15) is 24.1 Å². The Kier molecular flexibility index (Phi) is 8.28. The van der Waals surface area contributed by atoms with Gasteiger partial charge in [-0.05, 0) is 16.7 Å². The summed E-state index contributed by atoms with van der Waals surface area (Å²) in [6.45, 7) is 5.02. The van der Waals surface area contributed by atoms with Crippen LogP contribution in [0.15, 0.2) is 103 Å². The first-order valence-electron chi connectivity index (χ1n) is 11.2. The van der Waals surface area contributed by atoms with Crippen LogP contribution in [-0.2, 0) is 38.8 Å². The van der Waals surface area contributed by atoms with Crippen molar-refractivity contribution in [1.29, 1.82) is 0 Å². The van der Waals surface area contributed by atoms with E-state index in [0.717, 1.165) is 16.7 Å². The average Bonchev–Trinajstić information content (AvgIpc) is 3.18. The van der Waals surface area contributed by atoms with Gasteiger partial charge in [-0.2, -0.15) is 0 Å². The molecule has 3 aromatic rings. The molecule has 5 nitrogen and oxygen atoms in total. The summed E-state index contributed by atoms with van der Waals surface area (Å²) in [4.78, 5) is 0. The largest absolute Gasteiger partial charge is 0.487 e. The van der Waals surface area contributed by atoms with Crippen LogP contribution in [0.1, 0.15) is 16.7 Å². The maximum absolute atomic E-state index is 10.1. The Balaban J connectivity index is 1.48. The van der Waals surface area contributed by atoms with Crippen LogP contribution < -0.4 is 0 Å². The zero-order chi connectivity index (χ0) is 22.9. The fourth-order valence-corrected chi connectivity index (χ4v) is 3.88. The van der Waals surface area contributed by atoms with Gasteiger partial charge in [-0.25, -0.2) is 0 Å². The molecule has 0 aliphatic carbocycles. The molecule has 4 atom stereocenters. The fourth-order valence-electron chi connectivity index (χ4n) is 3.88. The first kappa shape index (κ1) is 23.2. The second-order valence-electron chi connectivity index (χ2n) is 8.04. The van der Waals surface area contributed by atoms with Crippen molar-refractivity contribution in [1.82, 2.24) is 0 Å². The molecule has 33 heavy (non-hydrogen) atoms. The van der Waals surface area contributed by atoms with Crippen LogP contribution in [-0.4, -0.2) is 36.1 Å². The van der Waals surface area contributed by atoms with Crippen molar-refractivity contribution in [3.8, 4) is 0 Å². The molecule has 1 saturated heterocycles. The van der Waals surface area contributed by atoms with E-state index in [2.05, 4.69) is 6.58 Å². The van der Waals surface area contributed by atoms with Gasteiger partial charge in [-0.3, -0.25) is 0 Å². The third-order valence-corrected chi connectivity index (χ3v) is 5.64. The molecule has 1 N–H and O–H groups in total. The van der Waals surface area contributed by atoms with Crippen LogP contribution in [0.4, 0.5) is 0 Å². The maximum Gasteiger partial charge on any atom is 0.156 e.